The number of rotatable bonds is 7. The lowest BCUT2D eigenvalue weighted by molar-refractivity contribution is 0.0955. The minimum Gasteiger partial charge on any atom is -0.267 e. The van der Waals surface area contributed by atoms with Gasteiger partial charge in [0.15, 0.2) is 0 Å². The fraction of sp³-hybridized carbons (Fsp3) is 0.182. The monoisotopic (exact) mass is 441 g/mol. The second-order valence-corrected chi connectivity index (χ2v) is 9.93. The molecule has 2 aromatic carbocycles. The highest BCUT2D eigenvalue weighted by Crippen LogP contribution is 2.18. The van der Waals surface area contributed by atoms with Crippen LogP contribution in [0.1, 0.15) is 31.9 Å². The van der Waals surface area contributed by atoms with Gasteiger partial charge in [0.05, 0.1) is 11.1 Å². The fourth-order valence-electron chi connectivity index (χ4n) is 2.72. The van der Waals surface area contributed by atoms with Crippen LogP contribution < -0.4 is 5.43 Å². The summed E-state index contributed by atoms with van der Waals surface area (Å²) in [6.45, 7) is 4.09. The van der Waals surface area contributed by atoms with E-state index in [2.05, 4.69) is 10.5 Å². The molecule has 0 spiro atoms. The molecule has 156 valence electrons. The van der Waals surface area contributed by atoms with Crippen molar-refractivity contribution in [3.63, 3.8) is 0 Å². The predicted octanol–water partition coefficient (Wildman–Crippen LogP) is 3.95. The Morgan fingerprint density at radius 3 is 2.33 bits per heavy atom. The highest BCUT2D eigenvalue weighted by molar-refractivity contribution is 7.89. The Bertz CT molecular complexity index is 1150. The van der Waals surface area contributed by atoms with Crippen LogP contribution in [0, 0.1) is 13.8 Å². The molecule has 30 heavy (non-hydrogen) atoms. The molecule has 3 rings (SSSR count). The van der Waals surface area contributed by atoms with E-state index >= 15 is 0 Å². The van der Waals surface area contributed by atoms with Gasteiger partial charge in [-0.15, -0.1) is 11.3 Å². The Labute approximate surface area is 180 Å². The number of hydrogen-bond donors (Lipinski definition) is 1. The Hall–Kier alpha value is -2.81. The molecule has 1 heterocycles. The van der Waals surface area contributed by atoms with Crippen LogP contribution in [0.3, 0.4) is 0 Å². The molecule has 0 bridgehead atoms. The summed E-state index contributed by atoms with van der Waals surface area (Å²) in [5, 5.41) is 5.96. The number of hydrogen-bond acceptors (Lipinski definition) is 5. The molecule has 0 saturated heterocycles. The van der Waals surface area contributed by atoms with E-state index in [0.717, 1.165) is 21.6 Å². The Kier molecular flexibility index (Phi) is 6.81. The molecule has 1 aromatic heterocycles. The zero-order valence-corrected chi connectivity index (χ0v) is 18.6. The summed E-state index contributed by atoms with van der Waals surface area (Å²) in [6.07, 6.45) is 1.62. The average molecular weight is 442 g/mol. The molecule has 0 fully saturated rings. The Morgan fingerprint density at radius 1 is 1.07 bits per heavy atom. The van der Waals surface area contributed by atoms with Crippen LogP contribution >= 0.6 is 11.3 Å². The molecule has 6 nitrogen and oxygen atoms in total. The molecule has 0 aliphatic heterocycles. The molecule has 0 radical (unpaired) electrons. The van der Waals surface area contributed by atoms with Gasteiger partial charge < -0.3 is 0 Å². The standard InChI is InChI=1S/C22H23N3O3S2/c1-16-4-10-20(11-5-16)30(27,28)25(3)15-18-6-8-19(9-7-18)22(26)24-23-14-21-17(2)12-13-29-21/h4-14H,15H2,1-3H3,(H,24,26)/b23-14+. The molecule has 1 N–H and O–H groups in total. The van der Waals surface area contributed by atoms with Crippen LogP contribution in [0.4, 0.5) is 0 Å². The van der Waals surface area contributed by atoms with Gasteiger partial charge in [0.25, 0.3) is 5.91 Å². The smallest absolute Gasteiger partial charge is 0.267 e. The van der Waals surface area contributed by atoms with Gasteiger partial charge in [-0.3, -0.25) is 4.79 Å². The van der Waals surface area contributed by atoms with Crippen molar-refractivity contribution in [3.8, 4) is 0 Å². The summed E-state index contributed by atoms with van der Waals surface area (Å²) in [5.41, 5.74) is 5.84. The number of aryl methyl sites for hydroxylation is 2. The summed E-state index contributed by atoms with van der Waals surface area (Å²) in [6, 6.07) is 15.5. The van der Waals surface area contributed by atoms with Crippen LogP contribution in [-0.2, 0) is 16.6 Å². The maximum absolute atomic E-state index is 12.7. The second kappa shape index (κ2) is 9.34. The number of nitrogens with one attached hydrogen (secondary N) is 1. The Balaban J connectivity index is 1.62. The normalized spacial score (nSPS) is 11.9. The highest BCUT2D eigenvalue weighted by Gasteiger charge is 2.20. The molecule has 0 unspecified atom stereocenters. The summed E-state index contributed by atoms with van der Waals surface area (Å²) in [4.78, 5) is 13.5. The summed E-state index contributed by atoms with van der Waals surface area (Å²) in [5.74, 6) is -0.326. The fourth-order valence-corrected chi connectivity index (χ4v) is 4.67. The van der Waals surface area contributed by atoms with E-state index in [9.17, 15) is 13.2 Å². The van der Waals surface area contributed by atoms with Crippen molar-refractivity contribution in [3.05, 3.63) is 87.1 Å². The second-order valence-electron chi connectivity index (χ2n) is 6.94. The van der Waals surface area contributed by atoms with Crippen molar-refractivity contribution in [1.82, 2.24) is 9.73 Å². The van der Waals surface area contributed by atoms with E-state index in [0.29, 0.717) is 5.56 Å². The average Bonchev–Trinajstić information content (AvgIpc) is 3.13. The number of carbonyl (C=O) groups is 1. The zero-order valence-electron chi connectivity index (χ0n) is 17.0. The number of amides is 1. The van der Waals surface area contributed by atoms with Crippen molar-refractivity contribution in [1.29, 1.82) is 0 Å². The third-order valence-electron chi connectivity index (χ3n) is 4.60. The van der Waals surface area contributed by atoms with Crippen LogP contribution in [0.15, 0.2) is 70.0 Å². The molecule has 1 amide bonds. The highest BCUT2D eigenvalue weighted by atomic mass is 32.2. The minimum absolute atomic E-state index is 0.202. The first-order valence-corrected chi connectivity index (χ1v) is 11.6. The predicted molar refractivity (Wildman–Crippen MR) is 120 cm³/mol. The molecule has 0 aliphatic rings. The zero-order chi connectivity index (χ0) is 21.7. The maximum Gasteiger partial charge on any atom is 0.271 e. The molecule has 0 saturated carbocycles. The van der Waals surface area contributed by atoms with Crippen LogP contribution in [0.2, 0.25) is 0 Å². The number of sulfonamides is 1. The number of thiophene rings is 1. The minimum atomic E-state index is -3.58. The largest absolute Gasteiger partial charge is 0.271 e. The first kappa shape index (κ1) is 21.9. The van der Waals surface area contributed by atoms with Crippen LogP contribution in [-0.4, -0.2) is 31.9 Å². The lowest BCUT2D eigenvalue weighted by Gasteiger charge is -2.17. The lowest BCUT2D eigenvalue weighted by atomic mass is 10.1. The molecule has 0 atom stereocenters. The van der Waals surface area contributed by atoms with Gasteiger partial charge in [-0.05, 0) is 60.7 Å². The van der Waals surface area contributed by atoms with Gasteiger partial charge in [-0.1, -0.05) is 29.8 Å². The number of benzene rings is 2. The molecule has 0 aliphatic carbocycles. The van der Waals surface area contributed by atoms with Gasteiger partial charge in [0.2, 0.25) is 10.0 Å². The van der Waals surface area contributed by atoms with E-state index in [4.69, 9.17) is 0 Å². The van der Waals surface area contributed by atoms with Crippen molar-refractivity contribution in [2.75, 3.05) is 7.05 Å². The van der Waals surface area contributed by atoms with Gasteiger partial charge in [0, 0.05) is 24.0 Å². The van der Waals surface area contributed by atoms with E-state index in [1.807, 2.05) is 25.3 Å². The topological polar surface area (TPSA) is 78.8 Å². The number of carbonyl (C=O) groups excluding carboxylic acids is 1. The van der Waals surface area contributed by atoms with Crippen LogP contribution in [0.25, 0.3) is 0 Å². The van der Waals surface area contributed by atoms with Gasteiger partial charge in [0.1, 0.15) is 0 Å². The third kappa shape index (κ3) is 5.21. The molecule has 3 aromatic rings. The van der Waals surface area contributed by atoms with E-state index < -0.39 is 10.0 Å². The van der Waals surface area contributed by atoms with Gasteiger partial charge >= 0.3 is 0 Å². The van der Waals surface area contributed by atoms with Crippen molar-refractivity contribution in [2.24, 2.45) is 5.10 Å². The first-order valence-electron chi connectivity index (χ1n) is 9.27. The molecule has 8 heteroatoms. The van der Waals surface area contributed by atoms with E-state index in [1.165, 1.54) is 11.4 Å². The summed E-state index contributed by atoms with van der Waals surface area (Å²) < 4.78 is 26.7. The van der Waals surface area contributed by atoms with Crippen molar-refractivity contribution >= 4 is 33.5 Å². The number of hydrazone groups is 1. The van der Waals surface area contributed by atoms with Crippen LogP contribution in [0.5, 0.6) is 0 Å². The number of nitrogens with zero attached hydrogens (tertiary/aromatic N) is 2. The third-order valence-corrected chi connectivity index (χ3v) is 7.37. The summed E-state index contributed by atoms with van der Waals surface area (Å²) in [7, 11) is -2.04. The van der Waals surface area contributed by atoms with E-state index in [-0.39, 0.29) is 17.3 Å². The first-order chi connectivity index (χ1) is 14.3. The van der Waals surface area contributed by atoms with Gasteiger partial charge in [-0.2, -0.15) is 9.41 Å². The van der Waals surface area contributed by atoms with E-state index in [1.54, 1.807) is 66.1 Å². The lowest BCUT2D eigenvalue weighted by Crippen LogP contribution is -2.26. The quantitative estimate of drug-likeness (QED) is 0.445. The molecular formula is C22H23N3O3S2. The van der Waals surface area contributed by atoms with Crippen molar-refractivity contribution in [2.45, 2.75) is 25.3 Å². The maximum atomic E-state index is 12.7. The van der Waals surface area contributed by atoms with Gasteiger partial charge in [-0.25, -0.2) is 13.8 Å². The Morgan fingerprint density at radius 2 is 1.73 bits per heavy atom. The van der Waals surface area contributed by atoms with Crippen molar-refractivity contribution < 1.29 is 13.2 Å². The SMILES string of the molecule is Cc1ccc(S(=O)(=O)N(C)Cc2ccc(C(=O)N/N=C/c3sccc3C)cc2)cc1. The summed E-state index contributed by atoms with van der Waals surface area (Å²) >= 11 is 1.55. The molecular weight excluding hydrogens is 418 g/mol.